The lowest BCUT2D eigenvalue weighted by molar-refractivity contribution is -0.139. The third-order valence-electron chi connectivity index (χ3n) is 6.65. The number of thioether (sulfide) groups is 1. The zero-order chi connectivity index (χ0) is 30.9. The standard InChI is InChI=1S/C31H33F5N2O3S/c1-20-6-3-4-7-25(20)27-16-21(8-9-26(27)29(39)37-28(30(40)41)10-13-42-2)18-38(12-5-11-31(34,35)36)19-22-14-23(32)17-24(33)15-22/h3-4,6-9,14-17,28H,5,10-13,18-19H2,1-2H3,(H,37,39)(H,40,41)/t28-/m0/s1. The van der Waals surface area contributed by atoms with Gasteiger partial charge in [0.2, 0.25) is 0 Å². The highest BCUT2D eigenvalue weighted by Crippen LogP contribution is 2.29. The molecule has 226 valence electrons. The highest BCUT2D eigenvalue weighted by molar-refractivity contribution is 7.98. The zero-order valence-electron chi connectivity index (χ0n) is 23.3. The van der Waals surface area contributed by atoms with E-state index in [9.17, 15) is 36.6 Å². The summed E-state index contributed by atoms with van der Waals surface area (Å²) < 4.78 is 66.3. The number of hydrogen-bond donors (Lipinski definition) is 2. The number of nitrogens with one attached hydrogen (secondary N) is 1. The molecule has 3 rings (SSSR count). The van der Waals surface area contributed by atoms with Crippen molar-refractivity contribution in [2.24, 2.45) is 0 Å². The second-order valence-electron chi connectivity index (χ2n) is 10.0. The number of aliphatic carboxylic acids is 1. The number of carboxylic acids is 1. The van der Waals surface area contributed by atoms with Gasteiger partial charge in [0.05, 0.1) is 0 Å². The summed E-state index contributed by atoms with van der Waals surface area (Å²) in [6.45, 7) is 2.02. The quantitative estimate of drug-likeness (QED) is 0.189. The summed E-state index contributed by atoms with van der Waals surface area (Å²) in [7, 11) is 0. The topological polar surface area (TPSA) is 69.6 Å². The van der Waals surface area contributed by atoms with E-state index in [2.05, 4.69) is 5.32 Å². The minimum absolute atomic E-state index is 0.00417. The molecule has 0 unspecified atom stereocenters. The molecule has 0 aromatic heterocycles. The van der Waals surface area contributed by atoms with Gasteiger partial charge in [-0.3, -0.25) is 9.69 Å². The lowest BCUT2D eigenvalue weighted by atomic mass is 9.93. The summed E-state index contributed by atoms with van der Waals surface area (Å²) in [5.74, 6) is -2.73. The number of halogens is 5. The number of carbonyl (C=O) groups excluding carboxylic acids is 1. The van der Waals surface area contributed by atoms with Gasteiger partial charge in [0.15, 0.2) is 0 Å². The van der Waals surface area contributed by atoms with Gasteiger partial charge in [-0.05, 0) is 90.4 Å². The van der Waals surface area contributed by atoms with E-state index in [-0.39, 0.29) is 43.6 Å². The van der Waals surface area contributed by atoms with Crippen LogP contribution in [0.1, 0.15) is 46.3 Å². The summed E-state index contributed by atoms with van der Waals surface area (Å²) in [6.07, 6.45) is -3.47. The predicted octanol–water partition coefficient (Wildman–Crippen LogP) is 7.22. The first-order valence-electron chi connectivity index (χ1n) is 13.3. The molecule has 0 saturated carbocycles. The van der Waals surface area contributed by atoms with Crippen molar-refractivity contribution in [1.82, 2.24) is 10.2 Å². The maximum absolute atomic E-state index is 13.8. The van der Waals surface area contributed by atoms with E-state index in [1.54, 1.807) is 29.2 Å². The number of carbonyl (C=O) groups is 2. The fraction of sp³-hybridized carbons (Fsp3) is 0.355. The first-order valence-corrected chi connectivity index (χ1v) is 14.7. The van der Waals surface area contributed by atoms with Crippen LogP contribution in [0.2, 0.25) is 0 Å². The molecule has 0 bridgehead atoms. The molecule has 2 N–H and O–H groups in total. The maximum Gasteiger partial charge on any atom is 0.389 e. The number of alkyl halides is 3. The van der Waals surface area contributed by atoms with Crippen LogP contribution in [0.25, 0.3) is 11.1 Å². The molecule has 3 aromatic carbocycles. The minimum Gasteiger partial charge on any atom is -0.480 e. The Morgan fingerprint density at radius 1 is 0.952 bits per heavy atom. The van der Waals surface area contributed by atoms with E-state index in [4.69, 9.17) is 0 Å². The number of hydrogen-bond acceptors (Lipinski definition) is 4. The van der Waals surface area contributed by atoms with Crippen LogP contribution in [0.4, 0.5) is 22.0 Å². The number of carboxylic acid groups (broad SMARTS) is 1. The van der Waals surface area contributed by atoms with E-state index in [1.807, 2.05) is 31.4 Å². The van der Waals surface area contributed by atoms with E-state index in [1.165, 1.54) is 11.8 Å². The first kappa shape index (κ1) is 33.1. The van der Waals surface area contributed by atoms with Crippen molar-refractivity contribution in [3.63, 3.8) is 0 Å². The summed E-state index contributed by atoms with van der Waals surface area (Å²) in [5, 5.41) is 12.2. The third kappa shape index (κ3) is 10.1. The SMILES string of the molecule is CSCC[C@H](NC(=O)c1ccc(CN(CCCC(F)(F)F)Cc2cc(F)cc(F)c2)cc1-c1ccccc1C)C(=O)O. The molecule has 0 saturated heterocycles. The Morgan fingerprint density at radius 3 is 2.24 bits per heavy atom. The van der Waals surface area contributed by atoms with E-state index >= 15 is 0 Å². The molecule has 0 aliphatic rings. The number of nitrogens with zero attached hydrogens (tertiary/aromatic N) is 1. The van der Waals surface area contributed by atoms with E-state index in [0.29, 0.717) is 16.9 Å². The fourth-order valence-corrected chi connectivity index (χ4v) is 5.12. The zero-order valence-corrected chi connectivity index (χ0v) is 24.1. The molecule has 0 spiro atoms. The normalized spacial score (nSPS) is 12.4. The van der Waals surface area contributed by atoms with Crippen molar-refractivity contribution in [1.29, 1.82) is 0 Å². The van der Waals surface area contributed by atoms with E-state index < -0.39 is 42.1 Å². The molecular weight excluding hydrogens is 575 g/mol. The molecule has 0 radical (unpaired) electrons. The Bertz CT molecular complexity index is 1360. The van der Waals surface area contributed by atoms with Gasteiger partial charge in [-0.2, -0.15) is 24.9 Å². The number of aryl methyl sites for hydroxylation is 1. The Kier molecular flexibility index (Phi) is 11.9. The average Bonchev–Trinajstić information content (AvgIpc) is 2.89. The molecular formula is C31H33F5N2O3S. The second-order valence-corrected chi connectivity index (χ2v) is 11.0. The van der Waals surface area contributed by atoms with Gasteiger partial charge < -0.3 is 10.4 Å². The van der Waals surface area contributed by atoms with Crippen LogP contribution in [0.3, 0.4) is 0 Å². The van der Waals surface area contributed by atoms with Crippen molar-refractivity contribution in [3.05, 3.63) is 94.6 Å². The lowest BCUT2D eigenvalue weighted by Gasteiger charge is -2.24. The summed E-state index contributed by atoms with van der Waals surface area (Å²) in [5.41, 5.74) is 3.31. The van der Waals surface area contributed by atoms with Crippen LogP contribution in [0.5, 0.6) is 0 Å². The number of amides is 1. The van der Waals surface area contributed by atoms with Gasteiger partial charge in [0.25, 0.3) is 5.91 Å². The van der Waals surface area contributed by atoms with Crippen molar-refractivity contribution in [2.45, 2.75) is 51.5 Å². The minimum atomic E-state index is -4.34. The Morgan fingerprint density at radius 2 is 1.62 bits per heavy atom. The van der Waals surface area contributed by atoms with Crippen molar-refractivity contribution in [3.8, 4) is 11.1 Å². The van der Waals surface area contributed by atoms with E-state index in [0.717, 1.165) is 29.3 Å². The van der Waals surface area contributed by atoms with Gasteiger partial charge in [0.1, 0.15) is 17.7 Å². The fourth-order valence-electron chi connectivity index (χ4n) is 4.65. The van der Waals surface area contributed by atoms with Crippen LogP contribution in [-0.2, 0) is 17.9 Å². The second kappa shape index (κ2) is 15.2. The molecule has 0 fully saturated rings. The lowest BCUT2D eigenvalue weighted by Crippen LogP contribution is -2.41. The molecule has 3 aromatic rings. The van der Waals surface area contributed by atoms with Gasteiger partial charge >= 0.3 is 12.1 Å². The summed E-state index contributed by atoms with van der Waals surface area (Å²) >= 11 is 1.47. The Labute approximate surface area is 246 Å². The third-order valence-corrected chi connectivity index (χ3v) is 7.29. The van der Waals surface area contributed by atoms with Crippen LogP contribution in [0.15, 0.2) is 60.7 Å². The molecule has 0 aliphatic carbocycles. The molecule has 1 amide bonds. The molecule has 11 heteroatoms. The molecule has 1 atom stereocenters. The van der Waals surface area contributed by atoms with Gasteiger partial charge in [-0.1, -0.05) is 30.3 Å². The highest BCUT2D eigenvalue weighted by Gasteiger charge is 2.27. The molecule has 0 aliphatic heterocycles. The predicted molar refractivity (Wildman–Crippen MR) is 154 cm³/mol. The Balaban J connectivity index is 1.96. The molecule has 0 heterocycles. The summed E-state index contributed by atoms with van der Waals surface area (Å²) in [6, 6.07) is 14.2. The van der Waals surface area contributed by atoms with Gasteiger partial charge in [-0.25, -0.2) is 13.6 Å². The molecule has 42 heavy (non-hydrogen) atoms. The van der Waals surface area contributed by atoms with Crippen LogP contribution in [-0.4, -0.2) is 52.7 Å². The number of benzene rings is 3. The molecule has 5 nitrogen and oxygen atoms in total. The van der Waals surface area contributed by atoms with Crippen LogP contribution < -0.4 is 5.32 Å². The largest absolute Gasteiger partial charge is 0.480 e. The van der Waals surface area contributed by atoms with Crippen molar-refractivity contribution < 1.29 is 36.6 Å². The first-order chi connectivity index (χ1) is 19.9. The van der Waals surface area contributed by atoms with Crippen LogP contribution >= 0.6 is 11.8 Å². The smallest absolute Gasteiger partial charge is 0.389 e. The number of rotatable bonds is 14. The van der Waals surface area contributed by atoms with Crippen molar-refractivity contribution >= 4 is 23.6 Å². The average molecular weight is 609 g/mol. The summed E-state index contributed by atoms with van der Waals surface area (Å²) in [4.78, 5) is 26.7. The van der Waals surface area contributed by atoms with Crippen LogP contribution in [0, 0.1) is 18.6 Å². The van der Waals surface area contributed by atoms with Gasteiger partial charge in [-0.15, -0.1) is 0 Å². The highest BCUT2D eigenvalue weighted by atomic mass is 32.2. The monoisotopic (exact) mass is 608 g/mol. The maximum atomic E-state index is 13.8. The van der Waals surface area contributed by atoms with Gasteiger partial charge in [0, 0.05) is 31.1 Å². The van der Waals surface area contributed by atoms with Crippen molar-refractivity contribution in [2.75, 3.05) is 18.6 Å². The Hall–Kier alpha value is -3.44.